The zero-order valence-corrected chi connectivity index (χ0v) is 16.1. The molecular formula is C21H19N7O2. The molecule has 0 saturated heterocycles. The zero-order chi connectivity index (χ0) is 20.9. The second kappa shape index (κ2) is 8.31. The molecule has 0 aliphatic heterocycles. The Balaban J connectivity index is 1.54. The van der Waals surface area contributed by atoms with Gasteiger partial charge in [-0.3, -0.25) is 20.6 Å². The number of amides is 1. The van der Waals surface area contributed by atoms with Gasteiger partial charge in [0.05, 0.1) is 18.2 Å². The molecule has 2 aromatic heterocycles. The smallest absolute Gasteiger partial charge is 0.273 e. The average Bonchev–Trinajstić information content (AvgIpc) is 2.79. The Bertz CT molecular complexity index is 1210. The molecule has 9 nitrogen and oxygen atoms in total. The summed E-state index contributed by atoms with van der Waals surface area (Å²) < 4.78 is 5.21. The van der Waals surface area contributed by atoms with Gasteiger partial charge in [0, 0.05) is 17.3 Å². The average molecular weight is 401 g/mol. The number of hydrogen-bond acceptors (Lipinski definition) is 8. The highest BCUT2D eigenvalue weighted by Crippen LogP contribution is 2.29. The zero-order valence-electron chi connectivity index (χ0n) is 16.1. The fraction of sp³-hybridized carbons (Fsp3) is 0.0476. The van der Waals surface area contributed by atoms with Gasteiger partial charge in [0.2, 0.25) is 0 Å². The van der Waals surface area contributed by atoms with Gasteiger partial charge in [-0.25, -0.2) is 9.97 Å². The summed E-state index contributed by atoms with van der Waals surface area (Å²) >= 11 is 0. The first-order valence-electron chi connectivity index (χ1n) is 9.08. The Hall–Kier alpha value is -4.40. The summed E-state index contributed by atoms with van der Waals surface area (Å²) in [7, 11) is 1.50. The van der Waals surface area contributed by atoms with E-state index in [0.29, 0.717) is 17.1 Å². The van der Waals surface area contributed by atoms with Crippen LogP contribution >= 0.6 is 0 Å². The standard InChI is InChI=1S/C21H19N7O2/c1-30-17-10-3-2-6-14(17)21(29)28-27-20-18(22)19(24-12-25-20)26-16-9-4-8-15-13(16)7-5-11-23-15/h2-12H,22H2,1H3,(H,28,29)(H2,24,25,26,27). The Morgan fingerprint density at radius 1 is 0.967 bits per heavy atom. The van der Waals surface area contributed by atoms with Crippen molar-refractivity contribution in [1.29, 1.82) is 0 Å². The predicted octanol–water partition coefficient (Wildman–Crippen LogP) is 3.12. The molecule has 150 valence electrons. The first-order valence-corrected chi connectivity index (χ1v) is 9.08. The Morgan fingerprint density at radius 3 is 2.67 bits per heavy atom. The van der Waals surface area contributed by atoms with Gasteiger partial charge in [0.25, 0.3) is 5.91 Å². The number of carbonyl (C=O) groups excluding carboxylic acids is 1. The first-order chi connectivity index (χ1) is 14.7. The second-order valence-corrected chi connectivity index (χ2v) is 6.26. The number of hydrogen-bond donors (Lipinski definition) is 4. The number of nitrogens with two attached hydrogens (primary N) is 1. The van der Waals surface area contributed by atoms with E-state index in [9.17, 15) is 4.79 Å². The van der Waals surface area contributed by atoms with Crippen molar-refractivity contribution in [3.05, 3.63) is 72.7 Å². The third-order valence-electron chi connectivity index (χ3n) is 4.43. The Kier molecular flexibility index (Phi) is 5.25. The molecule has 9 heteroatoms. The highest BCUT2D eigenvalue weighted by molar-refractivity contribution is 5.98. The summed E-state index contributed by atoms with van der Waals surface area (Å²) in [6.45, 7) is 0. The number of benzene rings is 2. The van der Waals surface area contributed by atoms with Crippen molar-refractivity contribution in [2.45, 2.75) is 0 Å². The van der Waals surface area contributed by atoms with Gasteiger partial charge in [-0.15, -0.1) is 0 Å². The first kappa shape index (κ1) is 18.9. The number of hydrazine groups is 1. The number of anilines is 4. The number of nitrogens with one attached hydrogen (secondary N) is 3. The van der Waals surface area contributed by atoms with Crippen LogP contribution in [-0.2, 0) is 0 Å². The van der Waals surface area contributed by atoms with Crippen molar-refractivity contribution in [2.75, 3.05) is 23.6 Å². The number of rotatable bonds is 6. The van der Waals surface area contributed by atoms with E-state index in [2.05, 4.69) is 31.1 Å². The molecule has 0 fully saturated rings. The maximum Gasteiger partial charge on any atom is 0.273 e. The summed E-state index contributed by atoms with van der Waals surface area (Å²) in [6, 6.07) is 16.4. The van der Waals surface area contributed by atoms with Crippen LogP contribution < -0.4 is 26.6 Å². The van der Waals surface area contributed by atoms with E-state index in [1.165, 1.54) is 13.4 Å². The van der Waals surface area contributed by atoms with Gasteiger partial charge in [-0.05, 0) is 36.4 Å². The lowest BCUT2D eigenvalue weighted by atomic mass is 10.2. The number of aromatic nitrogens is 3. The van der Waals surface area contributed by atoms with Crippen LogP contribution in [0, 0.1) is 0 Å². The number of ether oxygens (including phenoxy) is 1. The van der Waals surface area contributed by atoms with Crippen LogP contribution in [0.5, 0.6) is 5.75 Å². The summed E-state index contributed by atoms with van der Waals surface area (Å²) in [4.78, 5) is 25.1. The summed E-state index contributed by atoms with van der Waals surface area (Å²) in [5, 5.41) is 4.13. The van der Waals surface area contributed by atoms with Gasteiger partial charge in [-0.2, -0.15) is 0 Å². The lowest BCUT2D eigenvalue weighted by Gasteiger charge is -2.14. The van der Waals surface area contributed by atoms with Crippen molar-refractivity contribution in [3.8, 4) is 5.75 Å². The molecular weight excluding hydrogens is 382 g/mol. The molecule has 0 aliphatic rings. The fourth-order valence-electron chi connectivity index (χ4n) is 2.95. The minimum absolute atomic E-state index is 0.249. The molecule has 1 amide bonds. The van der Waals surface area contributed by atoms with Crippen LogP contribution in [0.2, 0.25) is 0 Å². The maximum absolute atomic E-state index is 12.5. The van der Waals surface area contributed by atoms with E-state index in [1.807, 2.05) is 30.3 Å². The number of nitrogen functional groups attached to an aromatic ring is 1. The fourth-order valence-corrected chi connectivity index (χ4v) is 2.95. The van der Waals surface area contributed by atoms with Crippen LogP contribution in [0.3, 0.4) is 0 Å². The van der Waals surface area contributed by atoms with E-state index in [1.54, 1.807) is 30.5 Å². The third-order valence-corrected chi connectivity index (χ3v) is 4.43. The van der Waals surface area contributed by atoms with E-state index < -0.39 is 0 Å². The number of fused-ring (bicyclic) bond motifs is 1. The molecule has 0 aliphatic carbocycles. The molecule has 0 atom stereocenters. The van der Waals surface area contributed by atoms with Crippen molar-refractivity contribution in [3.63, 3.8) is 0 Å². The molecule has 2 aromatic carbocycles. The molecule has 5 N–H and O–H groups in total. The van der Waals surface area contributed by atoms with Crippen molar-refractivity contribution >= 4 is 39.8 Å². The van der Waals surface area contributed by atoms with Gasteiger partial charge >= 0.3 is 0 Å². The van der Waals surface area contributed by atoms with Crippen molar-refractivity contribution in [1.82, 2.24) is 20.4 Å². The van der Waals surface area contributed by atoms with Gasteiger partial charge in [-0.1, -0.05) is 18.2 Å². The third kappa shape index (κ3) is 3.76. The largest absolute Gasteiger partial charge is 0.496 e. The van der Waals surface area contributed by atoms with E-state index in [4.69, 9.17) is 10.5 Å². The maximum atomic E-state index is 12.5. The summed E-state index contributed by atoms with van der Waals surface area (Å²) in [5.41, 5.74) is 13.8. The predicted molar refractivity (Wildman–Crippen MR) is 116 cm³/mol. The number of pyridine rings is 1. The second-order valence-electron chi connectivity index (χ2n) is 6.26. The topological polar surface area (TPSA) is 127 Å². The monoisotopic (exact) mass is 401 g/mol. The van der Waals surface area contributed by atoms with Crippen LogP contribution in [0.1, 0.15) is 10.4 Å². The molecule has 30 heavy (non-hydrogen) atoms. The van der Waals surface area contributed by atoms with Gasteiger partial charge in [0.1, 0.15) is 17.8 Å². The van der Waals surface area contributed by atoms with E-state index in [0.717, 1.165) is 16.6 Å². The molecule has 0 radical (unpaired) electrons. The Morgan fingerprint density at radius 2 is 1.80 bits per heavy atom. The molecule has 0 unspecified atom stereocenters. The quantitative estimate of drug-likeness (QED) is 0.363. The normalized spacial score (nSPS) is 10.4. The SMILES string of the molecule is COc1ccccc1C(=O)NNc1ncnc(Nc2cccc3ncccc23)c1N. The number of nitrogens with zero attached hydrogens (tertiary/aromatic N) is 3. The van der Waals surface area contributed by atoms with Gasteiger partial charge in [0.15, 0.2) is 11.6 Å². The van der Waals surface area contributed by atoms with Crippen LogP contribution in [0.4, 0.5) is 23.0 Å². The summed E-state index contributed by atoms with van der Waals surface area (Å²) in [6.07, 6.45) is 3.08. The highest BCUT2D eigenvalue weighted by Gasteiger charge is 2.14. The van der Waals surface area contributed by atoms with Crippen LogP contribution in [-0.4, -0.2) is 28.0 Å². The highest BCUT2D eigenvalue weighted by atomic mass is 16.5. The molecule has 4 rings (SSSR count). The number of para-hydroxylation sites is 1. The number of carbonyl (C=O) groups is 1. The van der Waals surface area contributed by atoms with Gasteiger partial charge < -0.3 is 15.8 Å². The van der Waals surface area contributed by atoms with Crippen LogP contribution in [0.15, 0.2) is 67.1 Å². The van der Waals surface area contributed by atoms with Crippen LogP contribution in [0.25, 0.3) is 10.9 Å². The summed E-state index contributed by atoms with van der Waals surface area (Å²) in [5.74, 6) is 0.726. The Labute approximate surface area is 172 Å². The number of methoxy groups -OCH3 is 1. The van der Waals surface area contributed by atoms with Crippen molar-refractivity contribution in [2.24, 2.45) is 0 Å². The van der Waals surface area contributed by atoms with E-state index >= 15 is 0 Å². The minimum Gasteiger partial charge on any atom is -0.496 e. The molecule has 4 aromatic rings. The molecule has 2 heterocycles. The lowest BCUT2D eigenvalue weighted by molar-refractivity contribution is 0.0959. The molecule has 0 spiro atoms. The minimum atomic E-state index is -0.389. The lowest BCUT2D eigenvalue weighted by Crippen LogP contribution is -2.30. The molecule has 0 bridgehead atoms. The van der Waals surface area contributed by atoms with Crippen molar-refractivity contribution < 1.29 is 9.53 Å². The van der Waals surface area contributed by atoms with E-state index in [-0.39, 0.29) is 17.4 Å². The molecule has 0 saturated carbocycles.